The molecule has 424 valence electrons. The highest BCUT2D eigenvalue weighted by molar-refractivity contribution is 9.10. The maximum atomic E-state index is 14.5. The van der Waals surface area contributed by atoms with Gasteiger partial charge in [0.25, 0.3) is 0 Å². The van der Waals surface area contributed by atoms with Crippen LogP contribution in [-0.2, 0) is 32.7 Å². The number of halogens is 6. The summed E-state index contributed by atoms with van der Waals surface area (Å²) in [5.41, 5.74) is -2.05. The summed E-state index contributed by atoms with van der Waals surface area (Å²) in [5, 5.41) is 16.9. The van der Waals surface area contributed by atoms with E-state index in [1.165, 1.54) is 30.3 Å². The number of phenolic OH excluding ortho intramolecular Hbond substituents is 1. The molecule has 3 heterocycles. The third kappa shape index (κ3) is 20.2. The fraction of sp³-hybridized carbons (Fsp3) is 0.362. The summed E-state index contributed by atoms with van der Waals surface area (Å²) < 4.78 is 87.3. The van der Waals surface area contributed by atoms with Gasteiger partial charge in [-0.1, -0.05) is 99.8 Å². The Morgan fingerprint density at radius 1 is 0.506 bits per heavy atom. The summed E-state index contributed by atoms with van der Waals surface area (Å²) in [6.45, 7) is 24.1. The number of para-hydroxylation sites is 3. The third-order valence-corrected chi connectivity index (χ3v) is 14.3. The molecule has 0 amide bonds. The fourth-order valence-corrected chi connectivity index (χ4v) is 7.26. The van der Waals surface area contributed by atoms with Gasteiger partial charge in [0.15, 0.2) is 0 Å². The van der Waals surface area contributed by atoms with Crippen molar-refractivity contribution in [3.8, 4) is 28.7 Å². The fourth-order valence-electron chi connectivity index (χ4n) is 6.69. The second-order valence-electron chi connectivity index (χ2n) is 21.5. The van der Waals surface area contributed by atoms with E-state index in [-0.39, 0.29) is 39.0 Å². The number of aliphatic carboxylic acids is 1. The van der Waals surface area contributed by atoms with Gasteiger partial charge in [0.1, 0.15) is 46.2 Å². The second-order valence-corrected chi connectivity index (χ2v) is 23.2. The van der Waals surface area contributed by atoms with E-state index in [1.807, 2.05) is 138 Å². The number of likely N-dealkylation sites (N-methyl/N-ethyl adjacent to an activating group) is 1. The van der Waals surface area contributed by atoms with E-state index < -0.39 is 55.8 Å². The van der Waals surface area contributed by atoms with Gasteiger partial charge in [0.2, 0.25) is 0 Å². The van der Waals surface area contributed by atoms with Crippen LogP contribution < -0.4 is 14.9 Å². The van der Waals surface area contributed by atoms with Gasteiger partial charge in [-0.2, -0.15) is 0 Å². The Labute approximate surface area is 483 Å². The number of benzene rings is 6. The van der Waals surface area contributed by atoms with Crippen LogP contribution in [0.25, 0.3) is 0 Å². The largest absolute Gasteiger partial charge is 0.508 e. The molecule has 3 fully saturated rings. The van der Waals surface area contributed by atoms with Gasteiger partial charge in [-0.15, -0.1) is 0 Å². The molecule has 9 rings (SSSR count). The predicted octanol–water partition coefficient (Wildman–Crippen LogP) is 14.7. The molecule has 0 atom stereocenters. The maximum absolute atomic E-state index is 14.5. The summed E-state index contributed by atoms with van der Waals surface area (Å²) in [7, 11) is 1.76. The molecule has 0 spiro atoms. The number of carboxylic acids is 1. The Kier molecular flexibility index (Phi) is 24.0. The Bertz CT molecular complexity index is 2800. The van der Waals surface area contributed by atoms with E-state index in [1.54, 1.807) is 79.7 Å². The smallest absolute Gasteiger partial charge is 0.497 e. The van der Waals surface area contributed by atoms with Crippen molar-refractivity contribution in [1.29, 1.82) is 0 Å². The van der Waals surface area contributed by atoms with E-state index in [0.29, 0.717) is 38.7 Å². The SMILES string of the molecule is CC1(C)OB(B2OC(C)(C)C(C)(C)O2)OC1(C)C.CC1(C)OB(c2ccc(Oc3ccccc3)cc2F)OC1(C)C.CN(C)CC(=O)O.Fc1cc(Br)ccc1Cl.Fc1cc(Oc2ccccc2)ccc1Cl.Oc1ccccc1. The molecule has 2 N–H and O–H groups in total. The molecule has 0 radical (unpaired) electrons. The average molecular weight is 1200 g/mol. The van der Waals surface area contributed by atoms with Gasteiger partial charge in [0.05, 0.1) is 50.2 Å². The van der Waals surface area contributed by atoms with E-state index in [2.05, 4.69) is 15.9 Å². The van der Waals surface area contributed by atoms with Crippen LogP contribution in [0.5, 0.6) is 28.7 Å². The predicted molar refractivity (Wildman–Crippen MR) is 312 cm³/mol. The Hall–Kier alpha value is -5.05. The first-order valence-corrected chi connectivity index (χ1v) is 26.7. The van der Waals surface area contributed by atoms with Crippen LogP contribution in [0, 0.1) is 17.5 Å². The van der Waals surface area contributed by atoms with Crippen molar-refractivity contribution in [3.05, 3.63) is 178 Å². The number of rotatable bonds is 8. The van der Waals surface area contributed by atoms with Crippen molar-refractivity contribution in [1.82, 2.24) is 4.90 Å². The number of hydrogen-bond acceptors (Lipinski definition) is 11. The Morgan fingerprint density at radius 2 is 0.848 bits per heavy atom. The summed E-state index contributed by atoms with van der Waals surface area (Å²) in [5.74, 6) is 0.451. The minimum Gasteiger partial charge on any atom is -0.508 e. The molecule has 21 heteroatoms. The van der Waals surface area contributed by atoms with Crippen molar-refractivity contribution < 1.29 is 65.6 Å². The van der Waals surface area contributed by atoms with E-state index >= 15 is 0 Å². The number of hydrogen-bond donors (Lipinski definition) is 2. The lowest BCUT2D eigenvalue weighted by molar-refractivity contribution is -0.137. The summed E-state index contributed by atoms with van der Waals surface area (Å²) in [6.07, 6.45) is 0. The molecule has 3 aliphatic heterocycles. The molecule has 0 bridgehead atoms. The maximum Gasteiger partial charge on any atom is 0.497 e. The molecular formula is C58H70B3BrCl2F3NO11. The van der Waals surface area contributed by atoms with Crippen molar-refractivity contribution >= 4 is 71.7 Å². The van der Waals surface area contributed by atoms with E-state index in [0.717, 1.165) is 0 Å². The molecule has 0 saturated carbocycles. The highest BCUT2D eigenvalue weighted by atomic mass is 79.9. The zero-order chi connectivity index (χ0) is 59.1. The van der Waals surface area contributed by atoms with E-state index in [9.17, 15) is 18.0 Å². The third-order valence-electron chi connectivity index (χ3n) is 13.2. The highest BCUT2D eigenvalue weighted by Gasteiger charge is 2.63. The highest BCUT2D eigenvalue weighted by Crippen LogP contribution is 2.43. The molecular weight excluding hydrogens is 1130 g/mol. The van der Waals surface area contributed by atoms with Gasteiger partial charge in [-0.05, 0) is 170 Å². The van der Waals surface area contributed by atoms with Crippen LogP contribution in [0.1, 0.15) is 83.1 Å². The van der Waals surface area contributed by atoms with Crippen LogP contribution in [-0.4, -0.2) is 96.5 Å². The summed E-state index contributed by atoms with van der Waals surface area (Å²) >= 11 is 14.0. The minimum atomic E-state index is -0.787. The zero-order valence-corrected chi connectivity index (χ0v) is 50.2. The summed E-state index contributed by atoms with van der Waals surface area (Å²) in [6, 6.07) is 40.7. The van der Waals surface area contributed by atoms with Crippen molar-refractivity contribution in [2.24, 2.45) is 0 Å². The first-order valence-electron chi connectivity index (χ1n) is 25.1. The lowest BCUT2D eigenvalue weighted by Gasteiger charge is -2.32. The van der Waals surface area contributed by atoms with Gasteiger partial charge < -0.3 is 47.6 Å². The minimum absolute atomic E-state index is 0.0930. The number of carbonyl (C=O) groups is 1. The van der Waals surface area contributed by atoms with Crippen LogP contribution in [0.2, 0.25) is 10.0 Å². The van der Waals surface area contributed by atoms with Crippen molar-refractivity contribution in [2.75, 3.05) is 20.6 Å². The van der Waals surface area contributed by atoms with Crippen molar-refractivity contribution in [2.45, 2.75) is 117 Å². The van der Waals surface area contributed by atoms with Gasteiger partial charge in [-0.3, -0.25) is 9.69 Å². The summed E-state index contributed by atoms with van der Waals surface area (Å²) in [4.78, 5) is 11.4. The molecule has 3 saturated heterocycles. The average Bonchev–Trinajstić information content (AvgIpc) is 4.10. The Balaban J connectivity index is 0.000000216. The number of phenols is 1. The molecule has 6 aromatic carbocycles. The standard InChI is InChI=1S/C18H20BFO3.C12H24B2O4.C12H8ClFO.C6H3BrClF.C6H6O.C4H9NO2/c1-17(2)18(3,4)23-19(22-17)15-11-10-14(12-16(15)20)21-13-8-6-5-7-9-13;1-9(2)10(3,4)16-13(15-9)14-17-11(5,6)12(7,8)18-14;13-11-7-6-10(8-12(11)14)15-9-4-2-1-3-5-9;7-4-1-2-5(8)6(9)3-4;7-6-4-2-1-3-5-6;1-5(2)3-4(6)7/h5-12H,1-4H3;1-8H3;1-8H;1-3H;1-5,7H;3H2,1-2H3,(H,6,7). The van der Waals surface area contributed by atoms with Crippen LogP contribution in [0.3, 0.4) is 0 Å². The topological polar surface area (TPSA) is 135 Å². The van der Waals surface area contributed by atoms with Crippen LogP contribution in [0.4, 0.5) is 13.2 Å². The number of aromatic hydroxyl groups is 1. The number of nitrogens with zero attached hydrogens (tertiary/aromatic N) is 1. The lowest BCUT2D eigenvalue weighted by atomic mass is 9.49. The van der Waals surface area contributed by atoms with Crippen LogP contribution in [0.15, 0.2) is 150 Å². The molecule has 79 heavy (non-hydrogen) atoms. The zero-order valence-electron chi connectivity index (χ0n) is 47.1. The molecule has 3 aliphatic rings. The molecule has 0 aliphatic carbocycles. The van der Waals surface area contributed by atoms with E-state index in [4.69, 9.17) is 70.8 Å². The first-order chi connectivity index (χ1) is 36.6. The molecule has 0 unspecified atom stereocenters. The first kappa shape index (κ1) is 66.5. The molecule has 6 aromatic rings. The monoisotopic (exact) mass is 1200 g/mol. The normalized spacial score (nSPS) is 17.4. The number of carboxylic acid groups (broad SMARTS) is 1. The number of ether oxygens (including phenoxy) is 2. The Morgan fingerprint density at radius 3 is 1.15 bits per heavy atom. The van der Waals surface area contributed by atoms with Gasteiger partial charge >= 0.3 is 27.1 Å². The second kappa shape index (κ2) is 28.6. The quantitative estimate of drug-likeness (QED) is 0.111. The molecule has 0 aromatic heterocycles. The molecule has 12 nitrogen and oxygen atoms in total. The van der Waals surface area contributed by atoms with Gasteiger partial charge in [-0.25, -0.2) is 13.2 Å². The lowest BCUT2D eigenvalue weighted by Crippen LogP contribution is -2.41. The van der Waals surface area contributed by atoms with Gasteiger partial charge in [0, 0.05) is 22.1 Å². The van der Waals surface area contributed by atoms with Crippen molar-refractivity contribution in [3.63, 3.8) is 0 Å². The van der Waals surface area contributed by atoms with Crippen LogP contribution >= 0.6 is 39.1 Å².